The summed E-state index contributed by atoms with van der Waals surface area (Å²) in [6.45, 7) is 1.57. The predicted octanol–water partition coefficient (Wildman–Crippen LogP) is 3.25. The summed E-state index contributed by atoms with van der Waals surface area (Å²) in [4.78, 5) is 26.4. The molecule has 0 unspecified atom stereocenters. The lowest BCUT2D eigenvalue weighted by Gasteiger charge is -2.36. The number of benzene rings is 2. The Bertz CT molecular complexity index is 829. The summed E-state index contributed by atoms with van der Waals surface area (Å²) in [7, 11) is 0. The third kappa shape index (κ3) is 4.82. The van der Waals surface area contributed by atoms with E-state index in [-0.39, 0.29) is 12.5 Å². The molecular weight excluding hydrogens is 373 g/mol. The van der Waals surface area contributed by atoms with Gasteiger partial charge in [-0.1, -0.05) is 6.07 Å². The molecular formula is C20H19F3N2O3. The van der Waals surface area contributed by atoms with Crippen LogP contribution in [0.1, 0.15) is 15.9 Å². The summed E-state index contributed by atoms with van der Waals surface area (Å²) in [5.74, 6) is 0.296. The van der Waals surface area contributed by atoms with Crippen LogP contribution in [0.25, 0.3) is 0 Å². The Labute approximate surface area is 160 Å². The van der Waals surface area contributed by atoms with Gasteiger partial charge in [-0.15, -0.1) is 0 Å². The Hall–Kier alpha value is -3.03. The van der Waals surface area contributed by atoms with E-state index in [1.165, 1.54) is 6.07 Å². The lowest BCUT2D eigenvalue weighted by molar-refractivity contribution is -0.137. The lowest BCUT2D eigenvalue weighted by Crippen LogP contribution is -2.50. The summed E-state index contributed by atoms with van der Waals surface area (Å²) in [5.41, 5.74) is 0.329. The van der Waals surface area contributed by atoms with Gasteiger partial charge in [0.25, 0.3) is 5.91 Å². The Morgan fingerprint density at radius 1 is 1.04 bits per heavy atom. The molecule has 1 saturated heterocycles. The Balaban J connectivity index is 1.52. The molecule has 0 atom stereocenters. The second-order valence-electron chi connectivity index (χ2n) is 6.39. The highest BCUT2D eigenvalue weighted by atomic mass is 19.4. The maximum absolute atomic E-state index is 12.9. The molecule has 1 amide bonds. The molecule has 0 saturated carbocycles. The standard InChI is InChI=1S/C20H19F3N2O3/c21-20(22,23)16-2-1-3-17(12-16)24-8-10-25(11-9-24)19(27)14-28-18-6-4-15(13-26)5-7-18/h1-7,12-13H,8-11,14H2. The lowest BCUT2D eigenvalue weighted by atomic mass is 10.1. The first-order valence-electron chi connectivity index (χ1n) is 8.75. The number of carbonyl (C=O) groups is 2. The quantitative estimate of drug-likeness (QED) is 0.733. The molecule has 0 aliphatic carbocycles. The number of nitrogens with zero attached hydrogens (tertiary/aromatic N) is 2. The maximum atomic E-state index is 12.9. The van der Waals surface area contributed by atoms with E-state index in [2.05, 4.69) is 0 Å². The molecule has 1 aliphatic rings. The molecule has 0 N–H and O–H groups in total. The predicted molar refractivity (Wildman–Crippen MR) is 97.6 cm³/mol. The Morgan fingerprint density at radius 2 is 1.71 bits per heavy atom. The van der Waals surface area contributed by atoms with E-state index < -0.39 is 11.7 Å². The number of hydrogen-bond acceptors (Lipinski definition) is 4. The van der Waals surface area contributed by atoms with Gasteiger partial charge in [-0.25, -0.2) is 0 Å². The van der Waals surface area contributed by atoms with Gasteiger partial charge in [-0.2, -0.15) is 13.2 Å². The average molecular weight is 392 g/mol. The second-order valence-corrected chi connectivity index (χ2v) is 6.39. The van der Waals surface area contributed by atoms with Crippen LogP contribution < -0.4 is 9.64 Å². The number of ether oxygens (including phenoxy) is 1. The number of hydrogen-bond donors (Lipinski definition) is 0. The molecule has 0 spiro atoms. The van der Waals surface area contributed by atoms with Crippen LogP contribution in [0.15, 0.2) is 48.5 Å². The number of rotatable bonds is 5. The molecule has 28 heavy (non-hydrogen) atoms. The van der Waals surface area contributed by atoms with E-state index in [1.54, 1.807) is 35.2 Å². The fraction of sp³-hybridized carbons (Fsp3) is 0.300. The van der Waals surface area contributed by atoms with Crippen LogP contribution in [0, 0.1) is 0 Å². The first kappa shape index (κ1) is 19.7. The van der Waals surface area contributed by atoms with Crippen molar-refractivity contribution in [2.45, 2.75) is 6.18 Å². The van der Waals surface area contributed by atoms with Crippen molar-refractivity contribution in [2.75, 3.05) is 37.7 Å². The first-order valence-corrected chi connectivity index (χ1v) is 8.75. The van der Waals surface area contributed by atoms with Crippen LogP contribution in [0.3, 0.4) is 0 Å². The summed E-state index contributed by atoms with van der Waals surface area (Å²) >= 11 is 0. The molecule has 1 fully saturated rings. The number of piperazine rings is 1. The van der Waals surface area contributed by atoms with Crippen molar-refractivity contribution in [3.05, 3.63) is 59.7 Å². The minimum atomic E-state index is -4.38. The number of carbonyl (C=O) groups excluding carboxylic acids is 2. The molecule has 1 aliphatic heterocycles. The van der Waals surface area contributed by atoms with Crippen LogP contribution in [0.5, 0.6) is 5.75 Å². The van der Waals surface area contributed by atoms with Crippen molar-refractivity contribution < 1.29 is 27.5 Å². The van der Waals surface area contributed by atoms with Gasteiger partial charge in [0, 0.05) is 37.4 Å². The fourth-order valence-electron chi connectivity index (χ4n) is 2.97. The molecule has 2 aromatic carbocycles. The Morgan fingerprint density at radius 3 is 2.32 bits per heavy atom. The topological polar surface area (TPSA) is 49.9 Å². The van der Waals surface area contributed by atoms with Crippen LogP contribution in [0.2, 0.25) is 0 Å². The second kappa shape index (κ2) is 8.33. The van der Waals surface area contributed by atoms with E-state index >= 15 is 0 Å². The van der Waals surface area contributed by atoms with Gasteiger partial charge in [0.15, 0.2) is 6.61 Å². The molecule has 2 aromatic rings. The number of alkyl halides is 3. The van der Waals surface area contributed by atoms with Crippen LogP contribution in [0.4, 0.5) is 18.9 Å². The minimum absolute atomic E-state index is 0.135. The highest BCUT2D eigenvalue weighted by Crippen LogP contribution is 2.31. The molecule has 3 rings (SSSR count). The Kier molecular flexibility index (Phi) is 5.87. The van der Waals surface area contributed by atoms with Crippen molar-refractivity contribution in [1.29, 1.82) is 0 Å². The third-order valence-corrected chi connectivity index (χ3v) is 4.55. The fourth-order valence-corrected chi connectivity index (χ4v) is 2.97. The summed E-state index contributed by atoms with van der Waals surface area (Å²) in [6.07, 6.45) is -3.66. The molecule has 5 nitrogen and oxygen atoms in total. The minimum Gasteiger partial charge on any atom is -0.484 e. The summed E-state index contributed by atoms with van der Waals surface area (Å²) in [6, 6.07) is 11.6. The average Bonchev–Trinajstić information content (AvgIpc) is 2.72. The van der Waals surface area contributed by atoms with E-state index in [0.717, 1.165) is 18.4 Å². The van der Waals surface area contributed by atoms with Gasteiger partial charge < -0.3 is 14.5 Å². The number of aldehydes is 1. The van der Waals surface area contributed by atoms with Crippen molar-refractivity contribution in [3.63, 3.8) is 0 Å². The molecule has 0 aromatic heterocycles. The monoisotopic (exact) mass is 392 g/mol. The van der Waals surface area contributed by atoms with Crippen LogP contribution in [-0.2, 0) is 11.0 Å². The van der Waals surface area contributed by atoms with Gasteiger partial charge in [0.2, 0.25) is 0 Å². The number of halogens is 3. The van der Waals surface area contributed by atoms with Gasteiger partial charge in [-0.3, -0.25) is 9.59 Å². The zero-order valence-corrected chi connectivity index (χ0v) is 15.0. The van der Waals surface area contributed by atoms with Crippen LogP contribution >= 0.6 is 0 Å². The van der Waals surface area contributed by atoms with Gasteiger partial charge in [0.1, 0.15) is 12.0 Å². The van der Waals surface area contributed by atoms with Crippen molar-refractivity contribution >= 4 is 17.9 Å². The van der Waals surface area contributed by atoms with E-state index in [9.17, 15) is 22.8 Å². The molecule has 0 bridgehead atoms. The number of anilines is 1. The summed E-state index contributed by atoms with van der Waals surface area (Å²) < 4.78 is 44.0. The highest BCUT2D eigenvalue weighted by molar-refractivity contribution is 5.78. The van der Waals surface area contributed by atoms with E-state index in [1.807, 2.05) is 4.90 Å². The maximum Gasteiger partial charge on any atom is 0.416 e. The van der Waals surface area contributed by atoms with Crippen molar-refractivity contribution in [1.82, 2.24) is 4.90 Å². The highest BCUT2D eigenvalue weighted by Gasteiger charge is 2.31. The third-order valence-electron chi connectivity index (χ3n) is 4.55. The smallest absolute Gasteiger partial charge is 0.416 e. The van der Waals surface area contributed by atoms with Gasteiger partial charge in [-0.05, 0) is 42.5 Å². The van der Waals surface area contributed by atoms with E-state index in [0.29, 0.717) is 43.2 Å². The molecule has 0 radical (unpaired) electrons. The molecule has 8 heteroatoms. The first-order chi connectivity index (χ1) is 13.4. The number of amides is 1. The molecule has 148 valence electrons. The normalized spacial score (nSPS) is 14.7. The van der Waals surface area contributed by atoms with Gasteiger partial charge >= 0.3 is 6.18 Å². The summed E-state index contributed by atoms with van der Waals surface area (Å²) in [5, 5.41) is 0. The SMILES string of the molecule is O=Cc1ccc(OCC(=O)N2CCN(c3cccc(C(F)(F)F)c3)CC2)cc1. The zero-order valence-electron chi connectivity index (χ0n) is 15.0. The van der Waals surface area contributed by atoms with Gasteiger partial charge in [0.05, 0.1) is 5.56 Å². The van der Waals surface area contributed by atoms with Crippen molar-refractivity contribution in [2.24, 2.45) is 0 Å². The largest absolute Gasteiger partial charge is 0.484 e. The van der Waals surface area contributed by atoms with Crippen molar-refractivity contribution in [3.8, 4) is 5.75 Å². The van der Waals surface area contributed by atoms with Crippen LogP contribution in [-0.4, -0.2) is 49.9 Å². The van der Waals surface area contributed by atoms with E-state index in [4.69, 9.17) is 4.74 Å². The molecule has 1 heterocycles. The zero-order chi connectivity index (χ0) is 20.1.